The Hall–Kier alpha value is -1.38. The highest BCUT2D eigenvalue weighted by Crippen LogP contribution is 2.17. The Kier molecular flexibility index (Phi) is 3.01. The highest BCUT2D eigenvalue weighted by molar-refractivity contribution is 5.83. The fraction of sp³-hybridized carbons (Fsp3) is 0.400. The maximum atomic E-state index is 10.6. The van der Waals surface area contributed by atoms with Gasteiger partial charge in [0.25, 0.3) is 0 Å². The number of aromatic amines is 1. The van der Waals surface area contributed by atoms with Crippen molar-refractivity contribution in [2.75, 3.05) is 0 Å². The molecule has 1 aromatic rings. The summed E-state index contributed by atoms with van der Waals surface area (Å²) in [5.74, 6) is 0. The lowest BCUT2D eigenvalue weighted by Crippen LogP contribution is -1.90. The third kappa shape index (κ3) is 1.69. The van der Waals surface area contributed by atoms with Crippen LogP contribution in [0.4, 0.5) is 0 Å². The van der Waals surface area contributed by atoms with Gasteiger partial charge in [0, 0.05) is 0 Å². The Balaban J connectivity index is 3.19. The van der Waals surface area contributed by atoms with Gasteiger partial charge in [0.15, 0.2) is 12.6 Å². The van der Waals surface area contributed by atoms with E-state index in [0.29, 0.717) is 11.4 Å². The molecule has 0 fully saturated rings. The van der Waals surface area contributed by atoms with Crippen LogP contribution in [0.3, 0.4) is 0 Å². The lowest BCUT2D eigenvalue weighted by Gasteiger charge is -1.97. The van der Waals surface area contributed by atoms with Gasteiger partial charge in [-0.15, -0.1) is 0 Å². The normalized spacial score (nSPS) is 10.0. The van der Waals surface area contributed by atoms with Crippen molar-refractivity contribution in [3.63, 3.8) is 0 Å². The molecule has 13 heavy (non-hydrogen) atoms. The summed E-state index contributed by atoms with van der Waals surface area (Å²) in [7, 11) is 0. The first kappa shape index (κ1) is 9.71. The van der Waals surface area contributed by atoms with Crippen LogP contribution in [0.5, 0.6) is 0 Å². The number of aldehydes is 2. The number of carbonyl (C=O) groups excluding carboxylic acids is 2. The van der Waals surface area contributed by atoms with Crippen molar-refractivity contribution in [3.05, 3.63) is 22.5 Å². The number of hydrogen-bond acceptors (Lipinski definition) is 2. The van der Waals surface area contributed by atoms with E-state index in [4.69, 9.17) is 0 Å². The maximum Gasteiger partial charge on any atom is 0.166 e. The van der Waals surface area contributed by atoms with Crippen molar-refractivity contribution in [1.29, 1.82) is 0 Å². The molecule has 0 amide bonds. The van der Waals surface area contributed by atoms with Crippen molar-refractivity contribution in [3.8, 4) is 0 Å². The Morgan fingerprint density at radius 2 is 1.85 bits per heavy atom. The molecule has 0 aliphatic carbocycles. The second-order valence-corrected chi connectivity index (χ2v) is 3.04. The van der Waals surface area contributed by atoms with E-state index in [1.54, 1.807) is 0 Å². The molecule has 0 radical (unpaired) electrons. The zero-order valence-corrected chi connectivity index (χ0v) is 7.89. The van der Waals surface area contributed by atoms with E-state index in [1.165, 1.54) is 0 Å². The highest BCUT2D eigenvalue weighted by Gasteiger charge is 2.11. The summed E-state index contributed by atoms with van der Waals surface area (Å²) in [5.41, 5.74) is 2.94. The van der Waals surface area contributed by atoms with Crippen molar-refractivity contribution in [2.45, 2.75) is 26.7 Å². The third-order valence-corrected chi connectivity index (χ3v) is 2.19. The second-order valence-electron chi connectivity index (χ2n) is 3.04. The van der Waals surface area contributed by atoms with Gasteiger partial charge >= 0.3 is 0 Å². The fourth-order valence-corrected chi connectivity index (χ4v) is 1.47. The molecule has 3 heteroatoms. The first-order chi connectivity index (χ1) is 6.24. The van der Waals surface area contributed by atoms with E-state index in [2.05, 4.69) is 4.98 Å². The average Bonchev–Trinajstić information content (AvgIpc) is 2.45. The fourth-order valence-electron chi connectivity index (χ4n) is 1.47. The van der Waals surface area contributed by atoms with Gasteiger partial charge in [0.2, 0.25) is 0 Å². The molecule has 1 heterocycles. The van der Waals surface area contributed by atoms with Gasteiger partial charge in [-0.3, -0.25) is 9.59 Å². The standard InChI is InChI=1S/C10H13NO2/c1-3-4-8-7(2)9(5-12)11-10(8)6-13/h5-6,11H,3-4H2,1-2H3. The van der Waals surface area contributed by atoms with E-state index < -0.39 is 0 Å². The summed E-state index contributed by atoms with van der Waals surface area (Å²) in [6.07, 6.45) is 3.33. The molecule has 0 bridgehead atoms. The number of rotatable bonds is 4. The number of nitrogens with one attached hydrogen (secondary N) is 1. The first-order valence-electron chi connectivity index (χ1n) is 4.36. The van der Waals surface area contributed by atoms with Crippen LogP contribution < -0.4 is 0 Å². The molecule has 1 rings (SSSR count). The molecular weight excluding hydrogens is 166 g/mol. The molecule has 0 aliphatic heterocycles. The van der Waals surface area contributed by atoms with E-state index in [-0.39, 0.29) is 0 Å². The van der Waals surface area contributed by atoms with Crippen molar-refractivity contribution >= 4 is 12.6 Å². The summed E-state index contributed by atoms with van der Waals surface area (Å²) < 4.78 is 0. The van der Waals surface area contributed by atoms with Gasteiger partial charge in [-0.05, 0) is 24.5 Å². The van der Waals surface area contributed by atoms with Crippen molar-refractivity contribution in [1.82, 2.24) is 4.98 Å². The summed E-state index contributed by atoms with van der Waals surface area (Å²) in [4.78, 5) is 24.0. The van der Waals surface area contributed by atoms with Gasteiger partial charge in [-0.1, -0.05) is 13.3 Å². The zero-order valence-electron chi connectivity index (χ0n) is 7.89. The lowest BCUT2D eigenvalue weighted by molar-refractivity contribution is 0.111. The minimum absolute atomic E-state index is 0.519. The van der Waals surface area contributed by atoms with Crippen LogP contribution in [0.2, 0.25) is 0 Å². The first-order valence-corrected chi connectivity index (χ1v) is 4.36. The molecule has 0 spiro atoms. The summed E-state index contributed by atoms with van der Waals surface area (Å²) in [6, 6.07) is 0. The zero-order chi connectivity index (χ0) is 9.84. The quantitative estimate of drug-likeness (QED) is 0.717. The van der Waals surface area contributed by atoms with Crippen LogP contribution in [0, 0.1) is 6.92 Å². The second kappa shape index (κ2) is 4.03. The topological polar surface area (TPSA) is 49.9 Å². The van der Waals surface area contributed by atoms with Crippen LogP contribution in [-0.2, 0) is 6.42 Å². The number of carbonyl (C=O) groups is 2. The SMILES string of the molecule is CCCc1c(C=O)[nH]c(C=O)c1C. The van der Waals surface area contributed by atoms with Gasteiger partial charge in [0.1, 0.15) is 0 Å². The molecule has 0 aromatic carbocycles. The molecule has 0 unspecified atom stereocenters. The number of aromatic nitrogens is 1. The third-order valence-electron chi connectivity index (χ3n) is 2.19. The van der Waals surface area contributed by atoms with E-state index in [9.17, 15) is 9.59 Å². The smallest absolute Gasteiger partial charge is 0.166 e. The van der Waals surface area contributed by atoms with Crippen molar-refractivity contribution in [2.24, 2.45) is 0 Å². The molecule has 0 saturated heterocycles. The molecular formula is C10H13NO2. The molecule has 0 atom stereocenters. The predicted octanol–water partition coefficient (Wildman–Crippen LogP) is 1.90. The average molecular weight is 179 g/mol. The summed E-state index contributed by atoms with van der Waals surface area (Å²) >= 11 is 0. The van der Waals surface area contributed by atoms with Gasteiger partial charge < -0.3 is 4.98 Å². The summed E-state index contributed by atoms with van der Waals surface area (Å²) in [5, 5.41) is 0. The summed E-state index contributed by atoms with van der Waals surface area (Å²) in [6.45, 7) is 3.90. The van der Waals surface area contributed by atoms with Crippen LogP contribution in [0.25, 0.3) is 0 Å². The predicted molar refractivity (Wildman–Crippen MR) is 50.3 cm³/mol. The van der Waals surface area contributed by atoms with Gasteiger partial charge in [-0.25, -0.2) is 0 Å². The molecule has 0 saturated carbocycles. The minimum atomic E-state index is 0.519. The van der Waals surface area contributed by atoms with Crippen LogP contribution >= 0.6 is 0 Å². The van der Waals surface area contributed by atoms with Crippen LogP contribution in [0.15, 0.2) is 0 Å². The Bertz CT molecular complexity index is 326. The molecule has 3 nitrogen and oxygen atoms in total. The molecule has 70 valence electrons. The highest BCUT2D eigenvalue weighted by atomic mass is 16.1. The van der Waals surface area contributed by atoms with E-state index in [0.717, 1.165) is 36.5 Å². The molecule has 0 aliphatic rings. The Labute approximate surface area is 77.2 Å². The van der Waals surface area contributed by atoms with E-state index in [1.807, 2.05) is 13.8 Å². The van der Waals surface area contributed by atoms with E-state index >= 15 is 0 Å². The van der Waals surface area contributed by atoms with Crippen LogP contribution in [-0.4, -0.2) is 17.6 Å². The molecule has 1 N–H and O–H groups in total. The Morgan fingerprint density at radius 1 is 1.23 bits per heavy atom. The minimum Gasteiger partial charge on any atom is -0.350 e. The Morgan fingerprint density at radius 3 is 2.31 bits per heavy atom. The monoisotopic (exact) mass is 179 g/mol. The van der Waals surface area contributed by atoms with Crippen LogP contribution in [0.1, 0.15) is 45.4 Å². The molecule has 1 aromatic heterocycles. The maximum absolute atomic E-state index is 10.6. The number of hydrogen-bond donors (Lipinski definition) is 1. The largest absolute Gasteiger partial charge is 0.350 e. The lowest BCUT2D eigenvalue weighted by atomic mass is 10.1. The number of H-pyrrole nitrogens is 1. The van der Waals surface area contributed by atoms with Gasteiger partial charge in [-0.2, -0.15) is 0 Å². The van der Waals surface area contributed by atoms with Gasteiger partial charge in [0.05, 0.1) is 11.4 Å². The van der Waals surface area contributed by atoms with Crippen molar-refractivity contribution < 1.29 is 9.59 Å².